The van der Waals surface area contributed by atoms with E-state index in [4.69, 9.17) is 11.6 Å². The lowest BCUT2D eigenvalue weighted by Gasteiger charge is -2.25. The smallest absolute Gasteiger partial charge is 0.0470 e. The average Bonchev–Trinajstić information content (AvgIpc) is 1.65. The molecule has 0 aliphatic heterocycles. The second-order valence-electron chi connectivity index (χ2n) is 2.94. The van der Waals surface area contributed by atoms with Gasteiger partial charge in [-0.2, -0.15) is 0 Å². The van der Waals surface area contributed by atoms with Crippen LogP contribution in [0.2, 0.25) is 0 Å². The molecular formula is C8H16Cl. The molecule has 0 amide bonds. The second kappa shape index (κ2) is 3.46. The molecular weight excluding hydrogens is 132 g/mol. The van der Waals surface area contributed by atoms with Crippen LogP contribution in [0.5, 0.6) is 0 Å². The van der Waals surface area contributed by atoms with Crippen LogP contribution in [-0.4, -0.2) is 4.87 Å². The summed E-state index contributed by atoms with van der Waals surface area (Å²) in [4.78, 5) is -0.227. The van der Waals surface area contributed by atoms with Gasteiger partial charge in [0.05, 0.1) is 0 Å². The van der Waals surface area contributed by atoms with Gasteiger partial charge in [-0.1, -0.05) is 27.2 Å². The Bertz CT molecular complexity index is 74.6. The summed E-state index contributed by atoms with van der Waals surface area (Å²) in [5.74, 6) is 0.471. The van der Waals surface area contributed by atoms with Gasteiger partial charge >= 0.3 is 0 Å². The van der Waals surface area contributed by atoms with Gasteiger partial charge in [-0.25, -0.2) is 0 Å². The van der Waals surface area contributed by atoms with E-state index in [9.17, 15) is 0 Å². The Kier molecular flexibility index (Phi) is 3.57. The fourth-order valence-electron chi connectivity index (χ4n) is 0.704. The highest BCUT2D eigenvalue weighted by Gasteiger charge is 2.23. The van der Waals surface area contributed by atoms with Crippen molar-refractivity contribution in [3.63, 3.8) is 0 Å². The number of alkyl halides is 1. The predicted molar refractivity (Wildman–Crippen MR) is 43.7 cm³/mol. The highest BCUT2D eigenvalue weighted by atomic mass is 35.5. The lowest BCUT2D eigenvalue weighted by molar-refractivity contribution is 0.463. The van der Waals surface area contributed by atoms with E-state index in [-0.39, 0.29) is 4.87 Å². The fourth-order valence-corrected chi connectivity index (χ4v) is 0.893. The first-order valence-electron chi connectivity index (χ1n) is 3.55. The van der Waals surface area contributed by atoms with Crippen molar-refractivity contribution in [3.8, 4) is 0 Å². The Balaban J connectivity index is 3.70. The quantitative estimate of drug-likeness (QED) is 0.538. The third kappa shape index (κ3) is 3.10. The zero-order chi connectivity index (χ0) is 7.49. The lowest BCUT2D eigenvalue weighted by Crippen LogP contribution is -2.23. The molecule has 0 aliphatic carbocycles. The van der Waals surface area contributed by atoms with Crippen LogP contribution in [0.3, 0.4) is 0 Å². The molecule has 0 heterocycles. The Morgan fingerprint density at radius 2 is 2.00 bits per heavy atom. The summed E-state index contributed by atoms with van der Waals surface area (Å²) < 4.78 is 0. The van der Waals surface area contributed by atoms with Crippen molar-refractivity contribution >= 4 is 11.6 Å². The minimum absolute atomic E-state index is 0.227. The van der Waals surface area contributed by atoms with E-state index in [0.717, 1.165) is 12.8 Å². The van der Waals surface area contributed by atoms with Crippen molar-refractivity contribution in [1.82, 2.24) is 0 Å². The Morgan fingerprint density at radius 3 is 2.11 bits per heavy atom. The summed E-state index contributed by atoms with van der Waals surface area (Å²) in [7, 11) is 0. The second-order valence-corrected chi connectivity index (χ2v) is 3.69. The van der Waals surface area contributed by atoms with E-state index in [1.54, 1.807) is 0 Å². The molecule has 0 bridgehead atoms. The maximum absolute atomic E-state index is 6.06. The van der Waals surface area contributed by atoms with Gasteiger partial charge in [0.2, 0.25) is 0 Å². The van der Waals surface area contributed by atoms with Gasteiger partial charge in [-0.3, -0.25) is 0 Å². The summed E-state index contributed by atoms with van der Waals surface area (Å²) in [6, 6.07) is 0. The largest absolute Gasteiger partial charge is 0.119 e. The maximum atomic E-state index is 6.06. The van der Waals surface area contributed by atoms with Crippen molar-refractivity contribution in [2.24, 2.45) is 5.92 Å². The number of hydrogen-bond acceptors (Lipinski definition) is 0. The highest BCUT2D eigenvalue weighted by molar-refractivity contribution is 6.24. The first-order valence-corrected chi connectivity index (χ1v) is 3.92. The summed E-state index contributed by atoms with van der Waals surface area (Å²) in [5.41, 5.74) is 0. The van der Waals surface area contributed by atoms with Gasteiger partial charge in [0.1, 0.15) is 0 Å². The molecule has 0 fully saturated rings. The zero-order valence-electron chi connectivity index (χ0n) is 6.58. The van der Waals surface area contributed by atoms with Crippen LogP contribution in [0, 0.1) is 12.8 Å². The molecule has 0 nitrogen and oxygen atoms in total. The molecule has 55 valence electrons. The average molecular weight is 148 g/mol. The molecule has 1 radical (unpaired) electrons. The Labute approximate surface area is 63.6 Å². The van der Waals surface area contributed by atoms with Crippen LogP contribution in [0.25, 0.3) is 0 Å². The topological polar surface area (TPSA) is 0 Å². The van der Waals surface area contributed by atoms with Gasteiger partial charge < -0.3 is 0 Å². The standard InChI is InChI=1S/C8H16Cl/c1-5-6-8(4,9)7(2)3/h7H,4-6H2,1-3H3. The van der Waals surface area contributed by atoms with Gasteiger partial charge in [-0.15, -0.1) is 11.6 Å². The maximum Gasteiger partial charge on any atom is 0.0470 e. The SMILES string of the molecule is [CH2]C(Cl)(CCC)C(C)C. The fraction of sp³-hybridized carbons (Fsp3) is 0.875. The van der Waals surface area contributed by atoms with Crippen molar-refractivity contribution in [1.29, 1.82) is 0 Å². The minimum atomic E-state index is -0.227. The van der Waals surface area contributed by atoms with Gasteiger partial charge in [0.15, 0.2) is 0 Å². The molecule has 0 aliphatic rings. The summed E-state index contributed by atoms with van der Waals surface area (Å²) in [5, 5.41) is 0. The monoisotopic (exact) mass is 147 g/mol. The summed E-state index contributed by atoms with van der Waals surface area (Å²) in [6.07, 6.45) is 2.12. The molecule has 0 aromatic heterocycles. The van der Waals surface area contributed by atoms with Crippen LogP contribution in [0.15, 0.2) is 0 Å². The van der Waals surface area contributed by atoms with E-state index in [0.29, 0.717) is 5.92 Å². The van der Waals surface area contributed by atoms with Crippen molar-refractivity contribution in [2.45, 2.75) is 38.5 Å². The van der Waals surface area contributed by atoms with Gasteiger partial charge in [-0.05, 0) is 19.3 Å². The van der Waals surface area contributed by atoms with Gasteiger partial charge in [0.25, 0.3) is 0 Å². The van der Waals surface area contributed by atoms with E-state index < -0.39 is 0 Å². The van der Waals surface area contributed by atoms with Crippen LogP contribution in [-0.2, 0) is 0 Å². The van der Waals surface area contributed by atoms with Crippen molar-refractivity contribution < 1.29 is 0 Å². The third-order valence-corrected chi connectivity index (χ3v) is 2.33. The van der Waals surface area contributed by atoms with Crippen molar-refractivity contribution in [3.05, 3.63) is 6.92 Å². The van der Waals surface area contributed by atoms with Gasteiger partial charge in [0, 0.05) is 4.87 Å². The zero-order valence-corrected chi connectivity index (χ0v) is 7.33. The Morgan fingerprint density at radius 1 is 1.56 bits per heavy atom. The summed E-state index contributed by atoms with van der Waals surface area (Å²) >= 11 is 6.06. The van der Waals surface area contributed by atoms with Crippen LogP contribution in [0.4, 0.5) is 0 Å². The first-order chi connectivity index (χ1) is 4.00. The molecule has 9 heavy (non-hydrogen) atoms. The number of hydrogen-bond donors (Lipinski definition) is 0. The molecule has 1 atom stereocenters. The molecule has 0 aromatic rings. The molecule has 0 aromatic carbocycles. The molecule has 1 heteroatoms. The molecule has 0 spiro atoms. The van der Waals surface area contributed by atoms with Crippen LogP contribution >= 0.6 is 11.6 Å². The van der Waals surface area contributed by atoms with E-state index in [1.165, 1.54) is 0 Å². The number of rotatable bonds is 3. The molecule has 0 saturated carbocycles. The third-order valence-electron chi connectivity index (χ3n) is 1.70. The molecule has 1 unspecified atom stereocenters. The normalized spacial score (nSPS) is 18.0. The summed E-state index contributed by atoms with van der Waals surface area (Å²) in [6.45, 7) is 10.3. The first kappa shape index (κ1) is 9.29. The molecule has 0 saturated heterocycles. The minimum Gasteiger partial charge on any atom is -0.119 e. The predicted octanol–water partition coefficient (Wildman–Crippen LogP) is 3.25. The molecule has 0 rings (SSSR count). The lowest BCUT2D eigenvalue weighted by atomic mass is 9.93. The Hall–Kier alpha value is 0.290. The van der Waals surface area contributed by atoms with Crippen LogP contribution < -0.4 is 0 Å². The van der Waals surface area contributed by atoms with E-state index >= 15 is 0 Å². The van der Waals surface area contributed by atoms with Crippen LogP contribution in [0.1, 0.15) is 33.6 Å². The molecule has 0 N–H and O–H groups in total. The number of halogens is 1. The van der Waals surface area contributed by atoms with E-state index in [2.05, 4.69) is 27.7 Å². The van der Waals surface area contributed by atoms with E-state index in [1.807, 2.05) is 0 Å². The van der Waals surface area contributed by atoms with Crippen molar-refractivity contribution in [2.75, 3.05) is 0 Å². The highest BCUT2D eigenvalue weighted by Crippen LogP contribution is 2.28.